The second kappa shape index (κ2) is 4.57. The van der Waals surface area contributed by atoms with E-state index in [1.807, 2.05) is 36.7 Å². The Labute approximate surface area is 111 Å². The van der Waals surface area contributed by atoms with Crippen molar-refractivity contribution in [1.29, 1.82) is 0 Å². The number of hydrogen-bond acceptors (Lipinski definition) is 3. The fraction of sp³-hybridized carbons (Fsp3) is 0.429. The number of aromatic nitrogens is 2. The minimum atomic E-state index is 0.0154. The number of nitrogens with zero attached hydrogens (tertiary/aromatic N) is 2. The molecule has 0 saturated heterocycles. The first-order valence-corrected chi connectivity index (χ1v) is 6.54. The molecule has 2 heterocycles. The third-order valence-corrected chi connectivity index (χ3v) is 3.45. The van der Waals surface area contributed by atoms with Gasteiger partial charge in [0.2, 0.25) is 5.91 Å². The molecule has 0 aromatic carbocycles. The topological polar surface area (TPSA) is 60.1 Å². The second-order valence-electron chi connectivity index (χ2n) is 5.21. The first-order valence-electron chi connectivity index (χ1n) is 6.54. The zero-order valence-electron chi connectivity index (χ0n) is 11.0. The van der Waals surface area contributed by atoms with Crippen molar-refractivity contribution in [2.75, 3.05) is 5.32 Å². The lowest BCUT2D eigenvalue weighted by molar-refractivity contribution is -0.117. The molecule has 0 bridgehead atoms. The van der Waals surface area contributed by atoms with E-state index in [0.29, 0.717) is 0 Å². The molecular weight excluding hydrogens is 242 g/mol. The van der Waals surface area contributed by atoms with E-state index in [1.165, 1.54) is 0 Å². The molecule has 2 atom stereocenters. The lowest BCUT2D eigenvalue weighted by Crippen LogP contribution is -2.18. The van der Waals surface area contributed by atoms with Crippen LogP contribution in [-0.2, 0) is 4.79 Å². The number of carbonyl (C=O) groups excluding carboxylic acids is 1. The van der Waals surface area contributed by atoms with Crippen LogP contribution in [0.1, 0.15) is 38.0 Å². The van der Waals surface area contributed by atoms with Crippen LogP contribution >= 0.6 is 0 Å². The van der Waals surface area contributed by atoms with Gasteiger partial charge in [0, 0.05) is 23.9 Å². The predicted octanol–water partition coefficient (Wildman–Crippen LogP) is 2.80. The van der Waals surface area contributed by atoms with Crippen molar-refractivity contribution in [2.24, 2.45) is 5.92 Å². The number of nitrogens with one attached hydrogen (secondary N) is 1. The Hall–Kier alpha value is -2.04. The maximum atomic E-state index is 12.2. The highest BCUT2D eigenvalue weighted by Crippen LogP contribution is 2.48. The summed E-state index contributed by atoms with van der Waals surface area (Å²) in [5.74, 6) is 1.94. The van der Waals surface area contributed by atoms with E-state index >= 15 is 0 Å². The summed E-state index contributed by atoms with van der Waals surface area (Å²) in [5, 5.41) is 7.15. The highest BCUT2D eigenvalue weighted by atomic mass is 16.3. The van der Waals surface area contributed by atoms with Crippen LogP contribution in [0.2, 0.25) is 0 Å². The Morgan fingerprint density at radius 2 is 2.37 bits per heavy atom. The zero-order valence-corrected chi connectivity index (χ0v) is 11.0. The summed E-state index contributed by atoms with van der Waals surface area (Å²) in [6.45, 7) is 4.07. The average Bonchev–Trinajstić information content (AvgIpc) is 2.80. The standard InChI is InChI=1S/C14H17N3O2/c1-9(2)17-13(5-6-15-17)16-14(18)11-8-10(11)12-4-3-7-19-12/h3-7,9-11H,8H2,1-2H3,(H,16,18). The molecule has 19 heavy (non-hydrogen) atoms. The summed E-state index contributed by atoms with van der Waals surface area (Å²) in [7, 11) is 0. The predicted molar refractivity (Wildman–Crippen MR) is 70.8 cm³/mol. The van der Waals surface area contributed by atoms with E-state index in [1.54, 1.807) is 12.5 Å². The molecule has 1 amide bonds. The Morgan fingerprint density at radius 1 is 1.53 bits per heavy atom. The number of rotatable bonds is 4. The van der Waals surface area contributed by atoms with Crippen LogP contribution in [0, 0.1) is 5.92 Å². The fourth-order valence-electron chi connectivity index (χ4n) is 2.35. The number of anilines is 1. The van der Waals surface area contributed by atoms with Crippen molar-refractivity contribution in [3.63, 3.8) is 0 Å². The molecule has 5 nitrogen and oxygen atoms in total. The Balaban J connectivity index is 1.65. The largest absolute Gasteiger partial charge is 0.469 e. The van der Waals surface area contributed by atoms with Crippen molar-refractivity contribution < 1.29 is 9.21 Å². The van der Waals surface area contributed by atoms with E-state index in [4.69, 9.17) is 4.42 Å². The van der Waals surface area contributed by atoms with E-state index in [0.717, 1.165) is 18.0 Å². The van der Waals surface area contributed by atoms with Gasteiger partial charge in [-0.15, -0.1) is 0 Å². The van der Waals surface area contributed by atoms with Crippen LogP contribution in [0.3, 0.4) is 0 Å². The van der Waals surface area contributed by atoms with E-state index in [2.05, 4.69) is 10.4 Å². The van der Waals surface area contributed by atoms with Gasteiger partial charge in [0.05, 0.1) is 12.5 Å². The smallest absolute Gasteiger partial charge is 0.229 e. The van der Waals surface area contributed by atoms with Crippen LogP contribution in [0.5, 0.6) is 0 Å². The van der Waals surface area contributed by atoms with Crippen molar-refractivity contribution in [3.8, 4) is 0 Å². The maximum Gasteiger partial charge on any atom is 0.229 e. The number of amides is 1. The van der Waals surface area contributed by atoms with E-state index in [9.17, 15) is 4.79 Å². The molecule has 0 spiro atoms. The van der Waals surface area contributed by atoms with Gasteiger partial charge in [-0.05, 0) is 32.4 Å². The Kier molecular flexibility index (Phi) is 2.89. The van der Waals surface area contributed by atoms with Crippen LogP contribution in [0.15, 0.2) is 35.1 Å². The first-order chi connectivity index (χ1) is 9.16. The molecule has 2 aromatic rings. The number of furan rings is 1. The van der Waals surface area contributed by atoms with Gasteiger partial charge < -0.3 is 9.73 Å². The van der Waals surface area contributed by atoms with E-state index in [-0.39, 0.29) is 23.8 Å². The second-order valence-corrected chi connectivity index (χ2v) is 5.21. The molecule has 3 rings (SSSR count). The molecule has 2 aromatic heterocycles. The molecule has 1 saturated carbocycles. The van der Waals surface area contributed by atoms with Gasteiger partial charge in [0.15, 0.2) is 0 Å². The van der Waals surface area contributed by atoms with E-state index < -0.39 is 0 Å². The van der Waals surface area contributed by atoms with Crippen LogP contribution in [0.4, 0.5) is 5.82 Å². The molecule has 2 unspecified atom stereocenters. The first kappa shape index (κ1) is 12.0. The van der Waals surface area contributed by atoms with Crippen LogP contribution in [-0.4, -0.2) is 15.7 Å². The monoisotopic (exact) mass is 259 g/mol. The molecule has 1 aliphatic rings. The minimum absolute atomic E-state index is 0.0154. The van der Waals surface area contributed by atoms with Crippen LogP contribution < -0.4 is 5.32 Å². The lowest BCUT2D eigenvalue weighted by atomic mass is 10.2. The quantitative estimate of drug-likeness (QED) is 0.918. The van der Waals surface area contributed by atoms with Gasteiger partial charge in [-0.2, -0.15) is 5.10 Å². The highest BCUT2D eigenvalue weighted by Gasteiger charge is 2.46. The molecule has 1 N–H and O–H groups in total. The third-order valence-electron chi connectivity index (χ3n) is 3.45. The van der Waals surface area contributed by atoms with Crippen molar-refractivity contribution >= 4 is 11.7 Å². The normalized spacial score (nSPS) is 21.6. The van der Waals surface area contributed by atoms with Gasteiger partial charge in [0.1, 0.15) is 11.6 Å². The Bertz CT molecular complexity index is 571. The van der Waals surface area contributed by atoms with Crippen molar-refractivity contribution in [3.05, 3.63) is 36.4 Å². The minimum Gasteiger partial charge on any atom is -0.469 e. The zero-order chi connectivity index (χ0) is 13.4. The summed E-state index contributed by atoms with van der Waals surface area (Å²) in [6.07, 6.45) is 4.21. The lowest BCUT2D eigenvalue weighted by Gasteiger charge is -2.11. The fourth-order valence-corrected chi connectivity index (χ4v) is 2.35. The third kappa shape index (κ3) is 2.28. The summed E-state index contributed by atoms with van der Waals surface area (Å²) < 4.78 is 7.15. The number of hydrogen-bond donors (Lipinski definition) is 1. The highest BCUT2D eigenvalue weighted by molar-refractivity contribution is 5.94. The molecule has 5 heteroatoms. The summed E-state index contributed by atoms with van der Waals surface area (Å²) >= 11 is 0. The Morgan fingerprint density at radius 3 is 3.05 bits per heavy atom. The van der Waals surface area contributed by atoms with Gasteiger partial charge in [-0.25, -0.2) is 4.68 Å². The van der Waals surface area contributed by atoms with Gasteiger partial charge in [-0.3, -0.25) is 4.79 Å². The van der Waals surface area contributed by atoms with Crippen molar-refractivity contribution in [2.45, 2.75) is 32.2 Å². The molecule has 100 valence electrons. The van der Waals surface area contributed by atoms with Gasteiger partial charge >= 0.3 is 0 Å². The molecule has 1 fully saturated rings. The summed E-state index contributed by atoms with van der Waals surface area (Å²) in [5.41, 5.74) is 0. The summed E-state index contributed by atoms with van der Waals surface area (Å²) in [6, 6.07) is 5.83. The van der Waals surface area contributed by atoms with Gasteiger partial charge in [-0.1, -0.05) is 0 Å². The summed E-state index contributed by atoms with van der Waals surface area (Å²) in [4.78, 5) is 12.2. The van der Waals surface area contributed by atoms with Gasteiger partial charge in [0.25, 0.3) is 0 Å². The SMILES string of the molecule is CC(C)n1nccc1NC(=O)C1CC1c1ccco1. The molecule has 1 aliphatic carbocycles. The number of carbonyl (C=O) groups is 1. The molecule has 0 radical (unpaired) electrons. The van der Waals surface area contributed by atoms with Crippen molar-refractivity contribution in [1.82, 2.24) is 9.78 Å². The maximum absolute atomic E-state index is 12.2. The molecular formula is C14H17N3O2. The van der Waals surface area contributed by atoms with Crippen LogP contribution in [0.25, 0.3) is 0 Å². The average molecular weight is 259 g/mol. The molecule has 0 aliphatic heterocycles.